The molecule has 1 N–H and O–H groups in total. The highest BCUT2D eigenvalue weighted by atomic mass is 79.9. The Morgan fingerprint density at radius 1 is 1.29 bits per heavy atom. The zero-order valence-electron chi connectivity index (χ0n) is 17.1. The highest BCUT2D eigenvalue weighted by Crippen LogP contribution is 2.50. The molecule has 1 saturated heterocycles. The minimum absolute atomic E-state index is 0.0130. The van der Waals surface area contributed by atoms with Crippen molar-refractivity contribution in [1.29, 1.82) is 0 Å². The summed E-state index contributed by atoms with van der Waals surface area (Å²) in [5.41, 5.74) is 3.08. The standard InChI is InChI=1S/C22H22BrN5O3/c1-31-18(29)13-28-17-4-2-3-16(23)19(17)22(21(28)30)5-7-27(8-6-22)12-14-9-15-11-25-26-20(15)24-10-14/h2-4,9-11H,5-8,12-13H2,1H3,(H,24,25,26). The molecule has 2 aromatic heterocycles. The topological polar surface area (TPSA) is 91.4 Å². The SMILES string of the molecule is COC(=O)CN1C(=O)C2(CCN(Cc3cnc4[nH]ncc4c3)CC2)c2c(Br)cccc21. The molecule has 0 aliphatic carbocycles. The number of aromatic nitrogens is 3. The average molecular weight is 484 g/mol. The number of halogens is 1. The first-order chi connectivity index (χ1) is 15.0. The molecule has 2 aliphatic heterocycles. The van der Waals surface area contributed by atoms with E-state index in [0.717, 1.165) is 52.0 Å². The van der Waals surface area contributed by atoms with Crippen molar-refractivity contribution in [3.8, 4) is 0 Å². The highest BCUT2D eigenvalue weighted by molar-refractivity contribution is 9.10. The van der Waals surface area contributed by atoms with Gasteiger partial charge in [0.2, 0.25) is 5.91 Å². The maximum absolute atomic E-state index is 13.6. The predicted octanol–water partition coefficient (Wildman–Crippen LogP) is 2.77. The summed E-state index contributed by atoms with van der Waals surface area (Å²) in [6, 6.07) is 7.87. The van der Waals surface area contributed by atoms with E-state index in [1.807, 2.05) is 24.4 Å². The minimum atomic E-state index is -0.618. The number of piperidine rings is 1. The Bertz CT molecular complexity index is 1170. The van der Waals surface area contributed by atoms with Crippen molar-refractivity contribution in [2.24, 2.45) is 0 Å². The molecule has 0 saturated carbocycles. The van der Waals surface area contributed by atoms with Gasteiger partial charge in [0.1, 0.15) is 6.54 Å². The summed E-state index contributed by atoms with van der Waals surface area (Å²) >= 11 is 3.66. The number of benzene rings is 1. The second kappa shape index (κ2) is 7.72. The summed E-state index contributed by atoms with van der Waals surface area (Å²) < 4.78 is 5.74. The fraction of sp³-hybridized carbons (Fsp3) is 0.364. The molecule has 0 atom stereocenters. The maximum Gasteiger partial charge on any atom is 0.325 e. The molecule has 9 heteroatoms. The van der Waals surface area contributed by atoms with Gasteiger partial charge >= 0.3 is 5.97 Å². The van der Waals surface area contributed by atoms with E-state index in [1.165, 1.54) is 7.11 Å². The van der Waals surface area contributed by atoms with Crippen LogP contribution in [0.25, 0.3) is 11.0 Å². The lowest BCUT2D eigenvalue weighted by molar-refractivity contribution is -0.140. The van der Waals surface area contributed by atoms with E-state index >= 15 is 0 Å². The van der Waals surface area contributed by atoms with Crippen LogP contribution in [0, 0.1) is 0 Å². The number of aromatic amines is 1. The number of methoxy groups -OCH3 is 1. The number of H-pyrrole nitrogens is 1. The number of nitrogens with zero attached hydrogens (tertiary/aromatic N) is 4. The molecule has 3 aromatic rings. The average Bonchev–Trinajstić information content (AvgIpc) is 3.33. The van der Waals surface area contributed by atoms with Crippen molar-refractivity contribution in [3.63, 3.8) is 0 Å². The van der Waals surface area contributed by atoms with E-state index in [2.05, 4.69) is 42.1 Å². The second-order valence-electron chi connectivity index (χ2n) is 8.11. The number of carbonyl (C=O) groups excluding carboxylic acids is 2. The van der Waals surface area contributed by atoms with Crippen LogP contribution in [0.2, 0.25) is 0 Å². The number of ether oxygens (including phenoxy) is 1. The molecule has 0 radical (unpaired) electrons. The van der Waals surface area contributed by atoms with Crippen LogP contribution in [-0.4, -0.2) is 58.7 Å². The van der Waals surface area contributed by atoms with Gasteiger partial charge in [0.15, 0.2) is 5.65 Å². The van der Waals surface area contributed by atoms with Gasteiger partial charge in [0, 0.05) is 33.9 Å². The number of hydrogen-bond donors (Lipinski definition) is 1. The Morgan fingerprint density at radius 3 is 2.87 bits per heavy atom. The van der Waals surface area contributed by atoms with E-state index in [-0.39, 0.29) is 12.5 Å². The third-order valence-electron chi connectivity index (χ3n) is 6.39. The molecule has 1 amide bonds. The Hall–Kier alpha value is -2.78. The van der Waals surface area contributed by atoms with Gasteiger partial charge in [-0.2, -0.15) is 5.10 Å². The normalized spacial score (nSPS) is 18.0. The molecule has 4 heterocycles. The number of carbonyl (C=O) groups is 2. The highest BCUT2D eigenvalue weighted by Gasteiger charge is 2.53. The molecule has 31 heavy (non-hydrogen) atoms. The van der Waals surface area contributed by atoms with Crippen molar-refractivity contribution in [2.45, 2.75) is 24.8 Å². The summed E-state index contributed by atoms with van der Waals surface area (Å²) in [6.45, 7) is 2.26. The first-order valence-electron chi connectivity index (χ1n) is 10.2. The first-order valence-corrected chi connectivity index (χ1v) is 11.0. The zero-order valence-corrected chi connectivity index (χ0v) is 18.7. The molecule has 1 spiro atoms. The van der Waals surface area contributed by atoms with Gasteiger partial charge in [-0.15, -0.1) is 0 Å². The van der Waals surface area contributed by atoms with E-state index in [9.17, 15) is 9.59 Å². The molecular weight excluding hydrogens is 462 g/mol. The van der Waals surface area contributed by atoms with Crippen molar-refractivity contribution in [3.05, 3.63) is 52.3 Å². The quantitative estimate of drug-likeness (QED) is 0.573. The van der Waals surface area contributed by atoms with Gasteiger partial charge in [-0.3, -0.25) is 19.6 Å². The van der Waals surface area contributed by atoms with Gasteiger partial charge in [-0.1, -0.05) is 22.0 Å². The van der Waals surface area contributed by atoms with E-state index in [4.69, 9.17) is 4.74 Å². The molecule has 5 rings (SSSR count). The molecule has 1 fully saturated rings. The predicted molar refractivity (Wildman–Crippen MR) is 119 cm³/mol. The third kappa shape index (κ3) is 3.32. The van der Waals surface area contributed by atoms with Crippen molar-refractivity contribution >= 4 is 44.5 Å². The van der Waals surface area contributed by atoms with Crippen LogP contribution in [-0.2, 0) is 26.3 Å². The van der Waals surface area contributed by atoms with E-state index in [1.54, 1.807) is 11.1 Å². The number of amides is 1. The number of hydrogen-bond acceptors (Lipinski definition) is 6. The number of likely N-dealkylation sites (tertiary alicyclic amines) is 1. The molecule has 8 nitrogen and oxygen atoms in total. The van der Waals surface area contributed by atoms with Crippen molar-refractivity contribution in [1.82, 2.24) is 20.1 Å². The number of esters is 1. The number of pyridine rings is 1. The Balaban J connectivity index is 1.38. The fourth-order valence-corrected chi connectivity index (χ4v) is 5.56. The van der Waals surface area contributed by atoms with Crippen LogP contribution >= 0.6 is 15.9 Å². The molecular formula is C22H22BrN5O3. The van der Waals surface area contributed by atoms with Gasteiger partial charge in [0.05, 0.1) is 18.7 Å². The largest absolute Gasteiger partial charge is 0.468 e. The number of fused-ring (bicyclic) bond motifs is 3. The van der Waals surface area contributed by atoms with Crippen LogP contribution in [0.15, 0.2) is 41.1 Å². The van der Waals surface area contributed by atoms with Crippen LogP contribution in [0.1, 0.15) is 24.0 Å². The van der Waals surface area contributed by atoms with Gasteiger partial charge in [-0.05, 0) is 49.7 Å². The van der Waals surface area contributed by atoms with Gasteiger partial charge < -0.3 is 9.64 Å². The third-order valence-corrected chi connectivity index (χ3v) is 7.05. The van der Waals surface area contributed by atoms with Crippen LogP contribution in [0.3, 0.4) is 0 Å². The smallest absolute Gasteiger partial charge is 0.325 e. The molecule has 0 bridgehead atoms. The van der Waals surface area contributed by atoms with Gasteiger partial charge in [0.25, 0.3) is 0 Å². The Labute approximate surface area is 187 Å². The minimum Gasteiger partial charge on any atom is -0.468 e. The Kier molecular flexibility index (Phi) is 5.02. The number of rotatable bonds is 4. The van der Waals surface area contributed by atoms with Gasteiger partial charge in [-0.25, -0.2) is 4.98 Å². The monoisotopic (exact) mass is 483 g/mol. The summed E-state index contributed by atoms with van der Waals surface area (Å²) in [5.74, 6) is -0.433. The lowest BCUT2D eigenvalue weighted by Gasteiger charge is -2.38. The molecule has 2 aliphatic rings. The second-order valence-corrected chi connectivity index (χ2v) is 8.97. The summed E-state index contributed by atoms with van der Waals surface area (Å²) in [4.78, 5) is 33.9. The Morgan fingerprint density at radius 2 is 2.10 bits per heavy atom. The van der Waals surface area contributed by atoms with Crippen molar-refractivity contribution in [2.75, 3.05) is 31.6 Å². The van der Waals surface area contributed by atoms with Crippen molar-refractivity contribution < 1.29 is 14.3 Å². The van der Waals surface area contributed by atoms with E-state index < -0.39 is 11.4 Å². The van der Waals surface area contributed by atoms with Crippen LogP contribution in [0.5, 0.6) is 0 Å². The summed E-state index contributed by atoms with van der Waals surface area (Å²) in [6.07, 6.45) is 5.04. The number of anilines is 1. The fourth-order valence-electron chi connectivity index (χ4n) is 4.82. The lowest BCUT2D eigenvalue weighted by Crippen LogP contribution is -2.49. The van der Waals surface area contributed by atoms with Crippen LogP contribution < -0.4 is 4.90 Å². The molecule has 1 aromatic carbocycles. The first kappa shape index (κ1) is 20.1. The van der Waals surface area contributed by atoms with Crippen LogP contribution in [0.4, 0.5) is 5.69 Å². The lowest BCUT2D eigenvalue weighted by atomic mass is 9.73. The number of nitrogens with one attached hydrogen (secondary N) is 1. The molecule has 160 valence electrons. The zero-order chi connectivity index (χ0) is 21.6. The maximum atomic E-state index is 13.6. The van der Waals surface area contributed by atoms with E-state index in [0.29, 0.717) is 12.8 Å². The summed E-state index contributed by atoms with van der Waals surface area (Å²) in [7, 11) is 1.34. The molecule has 0 unspecified atom stereocenters. The summed E-state index contributed by atoms with van der Waals surface area (Å²) in [5, 5.41) is 7.89.